The van der Waals surface area contributed by atoms with Gasteiger partial charge in [-0.25, -0.2) is 9.37 Å². The second-order valence-electron chi connectivity index (χ2n) is 7.10. The fourth-order valence-corrected chi connectivity index (χ4v) is 4.47. The number of ether oxygens (including phenoxy) is 2. The van der Waals surface area contributed by atoms with Crippen LogP contribution in [0.25, 0.3) is 10.6 Å². The molecule has 1 fully saturated rings. The summed E-state index contributed by atoms with van der Waals surface area (Å²) in [6, 6.07) is 12.7. The second-order valence-corrected chi connectivity index (χ2v) is 7.96. The van der Waals surface area contributed by atoms with E-state index in [4.69, 9.17) is 14.5 Å². The maximum Gasteiger partial charge on any atom is 0.161 e. The third-order valence-corrected chi connectivity index (χ3v) is 6.22. The number of methoxy groups -OCH3 is 2. The molecule has 0 unspecified atom stereocenters. The van der Waals surface area contributed by atoms with Gasteiger partial charge >= 0.3 is 0 Å². The quantitative estimate of drug-likeness (QED) is 0.673. The summed E-state index contributed by atoms with van der Waals surface area (Å²) in [7, 11) is 3.28. The van der Waals surface area contributed by atoms with Crippen LogP contribution >= 0.6 is 11.3 Å². The van der Waals surface area contributed by atoms with Gasteiger partial charge in [-0.1, -0.05) is 0 Å². The number of benzene rings is 2. The van der Waals surface area contributed by atoms with Crippen molar-refractivity contribution in [2.24, 2.45) is 0 Å². The van der Waals surface area contributed by atoms with Crippen LogP contribution in [0, 0.1) is 5.82 Å². The predicted molar refractivity (Wildman–Crippen MR) is 114 cm³/mol. The number of anilines is 1. The lowest BCUT2D eigenvalue weighted by atomic mass is 10.2. The van der Waals surface area contributed by atoms with Crippen molar-refractivity contribution < 1.29 is 18.8 Å². The first-order valence-corrected chi connectivity index (χ1v) is 10.5. The van der Waals surface area contributed by atoms with Crippen LogP contribution in [0.2, 0.25) is 0 Å². The number of rotatable bonds is 6. The number of hydrogen-bond donors (Lipinski definition) is 1. The van der Waals surface area contributed by atoms with Crippen LogP contribution in [0.1, 0.15) is 5.69 Å². The van der Waals surface area contributed by atoms with Gasteiger partial charge in [0.2, 0.25) is 0 Å². The maximum absolute atomic E-state index is 13.1. The zero-order valence-electron chi connectivity index (χ0n) is 16.7. The highest BCUT2D eigenvalue weighted by Crippen LogP contribution is 2.33. The van der Waals surface area contributed by atoms with Gasteiger partial charge in [-0.15, -0.1) is 11.3 Å². The van der Waals surface area contributed by atoms with Crippen molar-refractivity contribution in [3.05, 3.63) is 59.4 Å². The molecule has 0 saturated carbocycles. The lowest BCUT2D eigenvalue weighted by molar-refractivity contribution is -0.914. The Hall–Kier alpha value is -2.64. The minimum Gasteiger partial charge on any atom is -0.493 e. The molecular weight excluding hydrogens is 389 g/mol. The standard InChI is InChI=1S/C22H24FN3O2S/c1-27-20-8-3-16(13-21(20)28-2)22-24-18(15-29-22)14-25-9-11-26(12-10-25)19-6-4-17(23)5-7-19/h3-8,13,15H,9-12,14H2,1-2H3/p+1. The Morgan fingerprint density at radius 2 is 1.76 bits per heavy atom. The van der Waals surface area contributed by atoms with Crippen LogP contribution in [0.5, 0.6) is 11.5 Å². The molecule has 1 aliphatic heterocycles. The minimum atomic E-state index is -0.188. The third-order valence-electron chi connectivity index (χ3n) is 5.28. The van der Waals surface area contributed by atoms with Crippen molar-refractivity contribution in [1.82, 2.24) is 4.98 Å². The third kappa shape index (κ3) is 4.52. The van der Waals surface area contributed by atoms with Crippen molar-refractivity contribution in [3.63, 3.8) is 0 Å². The van der Waals surface area contributed by atoms with Gasteiger partial charge in [0.05, 0.1) is 40.4 Å². The molecule has 29 heavy (non-hydrogen) atoms. The zero-order chi connectivity index (χ0) is 20.2. The first-order chi connectivity index (χ1) is 14.2. The summed E-state index contributed by atoms with van der Waals surface area (Å²) in [5.41, 5.74) is 3.25. The lowest BCUT2D eigenvalue weighted by Gasteiger charge is -2.33. The highest BCUT2D eigenvalue weighted by molar-refractivity contribution is 7.13. The van der Waals surface area contributed by atoms with E-state index in [9.17, 15) is 4.39 Å². The van der Waals surface area contributed by atoms with Crippen LogP contribution in [-0.2, 0) is 6.54 Å². The summed E-state index contributed by atoms with van der Waals surface area (Å²) < 4.78 is 23.8. The first-order valence-electron chi connectivity index (χ1n) is 9.67. The van der Waals surface area contributed by atoms with Crippen molar-refractivity contribution >= 4 is 17.0 Å². The Labute approximate surface area is 174 Å². The molecule has 4 rings (SSSR count). The topological polar surface area (TPSA) is 39.0 Å². The zero-order valence-corrected chi connectivity index (χ0v) is 17.5. The van der Waals surface area contributed by atoms with Crippen molar-refractivity contribution in [1.29, 1.82) is 0 Å². The number of nitrogens with one attached hydrogen (secondary N) is 1. The molecule has 152 valence electrons. The number of nitrogens with zero attached hydrogens (tertiary/aromatic N) is 2. The Morgan fingerprint density at radius 1 is 1.03 bits per heavy atom. The molecular formula is C22H25FN3O2S+. The molecule has 0 bridgehead atoms. The van der Waals surface area contributed by atoms with E-state index in [1.807, 2.05) is 30.3 Å². The average Bonchev–Trinajstić information content (AvgIpc) is 3.23. The summed E-state index contributed by atoms with van der Waals surface area (Å²) >= 11 is 1.66. The summed E-state index contributed by atoms with van der Waals surface area (Å²) in [6.07, 6.45) is 0. The molecule has 0 spiro atoms. The lowest BCUT2D eigenvalue weighted by Crippen LogP contribution is -3.13. The van der Waals surface area contributed by atoms with Crippen LogP contribution in [0.3, 0.4) is 0 Å². The van der Waals surface area contributed by atoms with E-state index in [1.165, 1.54) is 17.0 Å². The van der Waals surface area contributed by atoms with Crippen LogP contribution in [0.15, 0.2) is 47.8 Å². The molecule has 0 amide bonds. The molecule has 2 aromatic carbocycles. The van der Waals surface area contributed by atoms with Crippen LogP contribution < -0.4 is 19.3 Å². The Morgan fingerprint density at radius 3 is 2.45 bits per heavy atom. The molecule has 2 heterocycles. The van der Waals surface area contributed by atoms with Crippen molar-refractivity contribution in [2.75, 3.05) is 45.3 Å². The molecule has 5 nitrogen and oxygen atoms in total. The van der Waals surface area contributed by atoms with E-state index in [2.05, 4.69) is 10.3 Å². The van der Waals surface area contributed by atoms with Crippen molar-refractivity contribution in [3.8, 4) is 22.1 Å². The molecule has 1 aliphatic rings. The van der Waals surface area contributed by atoms with Gasteiger partial charge in [-0.3, -0.25) is 0 Å². The normalized spacial score (nSPS) is 14.8. The van der Waals surface area contributed by atoms with Crippen molar-refractivity contribution in [2.45, 2.75) is 6.54 Å². The molecule has 7 heteroatoms. The maximum atomic E-state index is 13.1. The van der Waals surface area contributed by atoms with E-state index in [0.717, 1.165) is 60.4 Å². The highest BCUT2D eigenvalue weighted by Gasteiger charge is 2.21. The van der Waals surface area contributed by atoms with Gasteiger partial charge < -0.3 is 19.3 Å². The van der Waals surface area contributed by atoms with E-state index in [0.29, 0.717) is 5.75 Å². The highest BCUT2D eigenvalue weighted by atomic mass is 32.1. The second kappa shape index (κ2) is 8.80. The minimum absolute atomic E-state index is 0.188. The van der Waals surface area contributed by atoms with Gasteiger partial charge in [-0.2, -0.15) is 0 Å². The largest absolute Gasteiger partial charge is 0.493 e. The van der Waals surface area contributed by atoms with E-state index < -0.39 is 0 Å². The summed E-state index contributed by atoms with van der Waals surface area (Å²) in [4.78, 5) is 8.68. The van der Waals surface area contributed by atoms with E-state index >= 15 is 0 Å². The fraction of sp³-hybridized carbons (Fsp3) is 0.318. The number of hydrogen-bond acceptors (Lipinski definition) is 5. The fourth-order valence-electron chi connectivity index (χ4n) is 3.66. The molecule has 1 aromatic heterocycles. The monoisotopic (exact) mass is 414 g/mol. The number of piperazine rings is 1. The molecule has 0 radical (unpaired) electrons. The van der Waals surface area contributed by atoms with Gasteiger partial charge in [0, 0.05) is 16.6 Å². The number of thiazole rings is 1. The van der Waals surface area contributed by atoms with Gasteiger partial charge in [0.25, 0.3) is 0 Å². The number of aromatic nitrogens is 1. The van der Waals surface area contributed by atoms with E-state index in [1.54, 1.807) is 25.6 Å². The molecule has 1 N–H and O–H groups in total. The van der Waals surface area contributed by atoms with Crippen LogP contribution in [0.4, 0.5) is 10.1 Å². The molecule has 0 aliphatic carbocycles. The summed E-state index contributed by atoms with van der Waals surface area (Å²) in [5.74, 6) is 1.24. The Balaban J connectivity index is 1.37. The molecule has 3 aromatic rings. The number of quaternary nitrogens is 1. The number of halogens is 1. The van der Waals surface area contributed by atoms with Gasteiger partial charge in [0.15, 0.2) is 11.5 Å². The SMILES string of the molecule is COc1ccc(-c2nc(C[NH+]3CCN(c4ccc(F)cc4)CC3)cs2)cc1OC. The Kier molecular flexibility index (Phi) is 5.97. The summed E-state index contributed by atoms with van der Waals surface area (Å²) in [6.45, 7) is 4.93. The summed E-state index contributed by atoms with van der Waals surface area (Å²) in [5, 5.41) is 3.14. The Bertz CT molecular complexity index is 953. The predicted octanol–water partition coefficient (Wildman–Crippen LogP) is 2.87. The van der Waals surface area contributed by atoms with E-state index in [-0.39, 0.29) is 5.82 Å². The smallest absolute Gasteiger partial charge is 0.161 e. The van der Waals surface area contributed by atoms with Gasteiger partial charge in [0.1, 0.15) is 23.1 Å². The first kappa shape index (κ1) is 19.7. The average molecular weight is 415 g/mol. The van der Waals surface area contributed by atoms with Gasteiger partial charge in [-0.05, 0) is 42.5 Å². The van der Waals surface area contributed by atoms with Crippen LogP contribution in [-0.4, -0.2) is 45.4 Å². The molecule has 1 saturated heterocycles. The molecule has 0 atom stereocenters.